The molecule has 0 fully saturated rings. The molecular formula is C19H26N2O2S2. The third-order valence-corrected chi connectivity index (χ3v) is 5.86. The summed E-state index contributed by atoms with van der Waals surface area (Å²) in [7, 11) is -2.96. The molecule has 0 spiro atoms. The van der Waals surface area contributed by atoms with Crippen molar-refractivity contribution in [2.75, 3.05) is 6.54 Å². The van der Waals surface area contributed by atoms with E-state index in [9.17, 15) is 9.32 Å². The second kappa shape index (κ2) is 8.87. The number of hydrogen-bond acceptors (Lipinski definition) is 4. The summed E-state index contributed by atoms with van der Waals surface area (Å²) in [6.07, 6.45) is 1.28. The predicted octanol–water partition coefficient (Wildman–Crippen LogP) is 2.62. The molecule has 0 heterocycles. The zero-order valence-electron chi connectivity index (χ0n) is 14.6. The molecule has 25 heavy (non-hydrogen) atoms. The Morgan fingerprint density at radius 2 is 1.92 bits per heavy atom. The van der Waals surface area contributed by atoms with Crippen molar-refractivity contribution in [3.63, 3.8) is 0 Å². The van der Waals surface area contributed by atoms with Gasteiger partial charge in [0.05, 0.1) is 11.0 Å². The van der Waals surface area contributed by atoms with Crippen LogP contribution in [0.25, 0.3) is 0 Å². The molecular weight excluding hydrogens is 352 g/mol. The van der Waals surface area contributed by atoms with Gasteiger partial charge in [-0.2, -0.15) is 0 Å². The third kappa shape index (κ3) is 6.17. The Labute approximate surface area is 155 Å². The first kappa shape index (κ1) is 20.0. The molecule has 0 aliphatic heterocycles. The topological polar surface area (TPSA) is 75.3 Å². The average Bonchev–Trinajstić information content (AvgIpc) is 2.58. The van der Waals surface area contributed by atoms with E-state index >= 15 is 0 Å². The second-order valence-corrected chi connectivity index (χ2v) is 9.43. The first-order chi connectivity index (χ1) is 11.8. The fourth-order valence-electron chi connectivity index (χ4n) is 2.69. The number of aliphatic hydroxyl groups excluding tert-OH is 1. The number of nitrogens with two attached hydrogens (primary N) is 1. The van der Waals surface area contributed by atoms with Gasteiger partial charge in [0, 0.05) is 23.8 Å². The van der Waals surface area contributed by atoms with Gasteiger partial charge in [-0.3, -0.25) is 0 Å². The average molecular weight is 379 g/mol. The number of hydrogen-bond donors (Lipinski definition) is 3. The lowest BCUT2D eigenvalue weighted by Crippen LogP contribution is -2.31. The molecule has 0 aliphatic rings. The van der Waals surface area contributed by atoms with Gasteiger partial charge in [0.15, 0.2) is 0 Å². The Bertz CT molecular complexity index is 792. The maximum atomic E-state index is 12.0. The molecule has 0 aliphatic carbocycles. The van der Waals surface area contributed by atoms with Crippen LogP contribution in [0.2, 0.25) is 0 Å². The highest BCUT2D eigenvalue weighted by molar-refractivity contribution is 8.31. The molecule has 3 atom stereocenters. The largest absolute Gasteiger partial charge is 0.387 e. The van der Waals surface area contributed by atoms with E-state index in [0.717, 1.165) is 18.4 Å². The number of rotatable bonds is 8. The van der Waals surface area contributed by atoms with Crippen LogP contribution in [0.4, 0.5) is 0 Å². The summed E-state index contributed by atoms with van der Waals surface area (Å²) in [6, 6.07) is 15.9. The normalized spacial score (nSPS) is 16.2. The van der Waals surface area contributed by atoms with Crippen molar-refractivity contribution < 1.29 is 9.32 Å². The van der Waals surface area contributed by atoms with E-state index in [-0.39, 0.29) is 6.04 Å². The summed E-state index contributed by atoms with van der Waals surface area (Å²) in [5.41, 5.74) is 2.76. The zero-order valence-corrected chi connectivity index (χ0v) is 16.3. The Balaban J connectivity index is 1.90. The monoisotopic (exact) mass is 378 g/mol. The highest BCUT2D eigenvalue weighted by Gasteiger charge is 2.14. The van der Waals surface area contributed by atoms with Crippen LogP contribution in [-0.2, 0) is 26.3 Å². The molecule has 136 valence electrons. The molecule has 4 N–H and O–H groups in total. The van der Waals surface area contributed by atoms with Crippen LogP contribution in [0.1, 0.15) is 36.1 Å². The van der Waals surface area contributed by atoms with Gasteiger partial charge in [-0.15, -0.1) is 0 Å². The van der Waals surface area contributed by atoms with Crippen molar-refractivity contribution >= 4 is 19.9 Å². The minimum absolute atomic E-state index is 0.275. The van der Waals surface area contributed by atoms with Crippen molar-refractivity contribution in [3.05, 3.63) is 65.2 Å². The van der Waals surface area contributed by atoms with Crippen LogP contribution in [0, 0.1) is 6.92 Å². The van der Waals surface area contributed by atoms with Gasteiger partial charge < -0.3 is 10.4 Å². The van der Waals surface area contributed by atoms with Gasteiger partial charge in [-0.25, -0.2) is 9.35 Å². The van der Waals surface area contributed by atoms with E-state index < -0.39 is 14.8 Å². The zero-order chi connectivity index (χ0) is 18.4. The molecule has 0 radical (unpaired) electrons. The lowest BCUT2D eigenvalue weighted by molar-refractivity contribution is 0.170. The summed E-state index contributed by atoms with van der Waals surface area (Å²) in [5, 5.41) is 19.3. The minimum Gasteiger partial charge on any atom is -0.387 e. The molecule has 0 bridgehead atoms. The minimum atomic E-state index is -2.96. The van der Waals surface area contributed by atoms with Crippen molar-refractivity contribution in [1.82, 2.24) is 5.32 Å². The molecule has 2 rings (SSSR count). The summed E-state index contributed by atoms with van der Waals surface area (Å²) >= 11 is 4.88. The van der Waals surface area contributed by atoms with Gasteiger partial charge in [0.1, 0.15) is 8.68 Å². The molecule has 2 aromatic rings. The predicted molar refractivity (Wildman–Crippen MR) is 106 cm³/mol. The van der Waals surface area contributed by atoms with Crippen LogP contribution >= 0.6 is 0 Å². The number of nitrogens with one attached hydrogen (secondary N) is 1. The molecule has 0 aromatic heterocycles. The molecule has 3 unspecified atom stereocenters. The molecule has 0 saturated heterocycles. The van der Waals surface area contributed by atoms with Crippen LogP contribution in [0.5, 0.6) is 0 Å². The standard InChI is InChI=1S/C19H26N2O2S2/c1-14-8-11-17(12-19(14)25(20,23)24)18(22)13-21-15(2)9-10-16-6-4-3-5-7-16/h3-8,11-12,15,18,21-22H,9-10,13H2,1-2H3,(H2,20,23,24). The maximum Gasteiger partial charge on any atom is 0.116 e. The van der Waals surface area contributed by atoms with Crippen LogP contribution in [0.3, 0.4) is 0 Å². The molecule has 2 aromatic carbocycles. The quantitative estimate of drug-likeness (QED) is 0.660. The summed E-state index contributed by atoms with van der Waals surface area (Å²) < 4.78 is 12.0. The number of aliphatic hydroxyl groups is 1. The maximum absolute atomic E-state index is 12.0. The van der Waals surface area contributed by atoms with Crippen LogP contribution in [-0.4, -0.2) is 21.9 Å². The number of benzene rings is 2. The lowest BCUT2D eigenvalue weighted by Gasteiger charge is -2.18. The number of aryl methyl sites for hydroxylation is 2. The molecule has 0 saturated carbocycles. The lowest BCUT2D eigenvalue weighted by atomic mass is 10.0. The summed E-state index contributed by atoms with van der Waals surface area (Å²) in [4.78, 5) is 0.427. The van der Waals surface area contributed by atoms with E-state index in [1.807, 2.05) is 31.2 Å². The van der Waals surface area contributed by atoms with Gasteiger partial charge in [-0.1, -0.05) is 42.5 Å². The fourth-order valence-corrected chi connectivity index (χ4v) is 4.05. The van der Waals surface area contributed by atoms with Crippen molar-refractivity contribution in [2.24, 2.45) is 5.14 Å². The summed E-state index contributed by atoms with van der Waals surface area (Å²) in [6.45, 7) is 4.34. The molecule has 0 amide bonds. The van der Waals surface area contributed by atoms with E-state index in [0.29, 0.717) is 17.0 Å². The highest BCUT2D eigenvalue weighted by Crippen LogP contribution is 2.20. The van der Waals surface area contributed by atoms with Crippen molar-refractivity contribution in [1.29, 1.82) is 0 Å². The summed E-state index contributed by atoms with van der Waals surface area (Å²) in [5.74, 6) is 0. The highest BCUT2D eigenvalue weighted by atomic mass is 32.8. The Morgan fingerprint density at radius 1 is 1.24 bits per heavy atom. The first-order valence-electron chi connectivity index (χ1n) is 8.36. The van der Waals surface area contributed by atoms with Crippen LogP contribution < -0.4 is 10.5 Å². The van der Waals surface area contributed by atoms with E-state index in [1.54, 1.807) is 12.1 Å². The SMILES string of the molecule is Cc1ccc(C(O)CNC(C)CCc2ccccc2)cc1S(N)(=O)=S. The van der Waals surface area contributed by atoms with Crippen molar-refractivity contribution in [2.45, 2.75) is 43.7 Å². The van der Waals surface area contributed by atoms with E-state index in [2.05, 4.69) is 24.4 Å². The van der Waals surface area contributed by atoms with E-state index in [1.165, 1.54) is 5.56 Å². The van der Waals surface area contributed by atoms with Gasteiger partial charge in [-0.05, 0) is 49.4 Å². The van der Waals surface area contributed by atoms with Crippen molar-refractivity contribution in [3.8, 4) is 0 Å². The Kier molecular flexibility index (Phi) is 7.10. The third-order valence-electron chi connectivity index (χ3n) is 4.27. The fraction of sp³-hybridized carbons (Fsp3) is 0.368. The van der Waals surface area contributed by atoms with E-state index in [4.69, 9.17) is 16.3 Å². The smallest absolute Gasteiger partial charge is 0.116 e. The second-order valence-electron chi connectivity index (χ2n) is 6.42. The molecule has 4 nitrogen and oxygen atoms in total. The van der Waals surface area contributed by atoms with Gasteiger partial charge in [0.25, 0.3) is 0 Å². The Morgan fingerprint density at radius 3 is 2.56 bits per heavy atom. The van der Waals surface area contributed by atoms with Gasteiger partial charge in [0.2, 0.25) is 0 Å². The Hall–Kier alpha value is -1.31. The van der Waals surface area contributed by atoms with Crippen LogP contribution in [0.15, 0.2) is 53.4 Å². The molecule has 6 heteroatoms. The first-order valence-corrected chi connectivity index (χ1v) is 10.9. The van der Waals surface area contributed by atoms with Gasteiger partial charge >= 0.3 is 0 Å².